The van der Waals surface area contributed by atoms with Gasteiger partial charge in [-0.1, -0.05) is 0 Å². The molecule has 13 heteroatoms. The highest BCUT2D eigenvalue weighted by Crippen LogP contribution is 2.61. The Morgan fingerprint density at radius 2 is 1.83 bits per heavy atom. The number of alkyl halides is 2. The fourth-order valence-electron chi connectivity index (χ4n) is 4.32. The molecule has 0 saturated carbocycles. The first kappa shape index (κ1) is 22.2. The fourth-order valence-corrected chi connectivity index (χ4v) is 6.61. The average Bonchev–Trinajstić information content (AvgIpc) is 3.12. The molecule has 3 fully saturated rings. The molecule has 0 aromatic heterocycles. The molecule has 0 aromatic carbocycles. The van der Waals surface area contributed by atoms with Gasteiger partial charge in [0.15, 0.2) is 6.61 Å². The number of amides is 1. The van der Waals surface area contributed by atoms with Crippen molar-refractivity contribution in [2.45, 2.75) is 61.1 Å². The van der Waals surface area contributed by atoms with Gasteiger partial charge in [0.1, 0.15) is 6.10 Å². The predicted octanol–water partition coefficient (Wildman–Crippen LogP) is 0.681. The number of fused-ring (bicyclic) bond motifs is 1. The summed E-state index contributed by atoms with van der Waals surface area (Å²) in [6.45, 7) is 4.68. The maximum Gasteiger partial charge on any atom is 0.402 e. The summed E-state index contributed by atoms with van der Waals surface area (Å²) in [6, 6.07) is -0.463. The summed E-state index contributed by atoms with van der Waals surface area (Å²) in [5, 5.41) is -5.76. The fraction of sp³-hybridized carbons (Fsp3) is 0.812. The van der Waals surface area contributed by atoms with Crippen LogP contribution in [0.2, 0.25) is 0 Å². The van der Waals surface area contributed by atoms with E-state index in [1.165, 1.54) is 18.7 Å². The lowest BCUT2D eigenvalue weighted by molar-refractivity contribution is -0.161. The lowest BCUT2D eigenvalue weighted by atomic mass is 9.78. The maximum absolute atomic E-state index is 13.4. The minimum absolute atomic E-state index is 0.374. The lowest BCUT2D eigenvalue weighted by Gasteiger charge is -2.39. The predicted molar refractivity (Wildman–Crippen MR) is 95.5 cm³/mol. The molecule has 3 aliphatic heterocycles. The van der Waals surface area contributed by atoms with Gasteiger partial charge >= 0.3 is 27.3 Å². The lowest BCUT2D eigenvalue weighted by Crippen LogP contribution is -2.54. The molecule has 0 spiro atoms. The molecular formula is C16H21F2NO8S2. The van der Waals surface area contributed by atoms with Gasteiger partial charge in [-0.25, -0.2) is 0 Å². The van der Waals surface area contributed by atoms with Crippen molar-refractivity contribution in [1.82, 2.24) is 4.90 Å². The summed E-state index contributed by atoms with van der Waals surface area (Å²) in [4.78, 5) is 38.8. The van der Waals surface area contributed by atoms with Crippen molar-refractivity contribution in [2.75, 3.05) is 6.61 Å². The molecule has 29 heavy (non-hydrogen) atoms. The van der Waals surface area contributed by atoms with Crippen LogP contribution in [0.15, 0.2) is 0 Å². The number of likely N-dealkylation sites (tertiary alicyclic amines) is 1. The normalized spacial score (nSPS) is 33.9. The van der Waals surface area contributed by atoms with Crippen molar-refractivity contribution in [3.8, 4) is 0 Å². The Hall–Kier alpha value is -1.47. The Balaban J connectivity index is 1.89. The Morgan fingerprint density at radius 3 is 2.31 bits per heavy atom. The number of thioether (sulfide) groups is 1. The van der Waals surface area contributed by atoms with Crippen molar-refractivity contribution in [2.24, 2.45) is 11.8 Å². The van der Waals surface area contributed by atoms with E-state index in [-0.39, 0.29) is 5.91 Å². The van der Waals surface area contributed by atoms with Gasteiger partial charge in [-0.05, 0) is 20.8 Å². The molecule has 9 nitrogen and oxygen atoms in total. The van der Waals surface area contributed by atoms with Crippen molar-refractivity contribution in [3.05, 3.63) is 0 Å². The van der Waals surface area contributed by atoms with E-state index in [9.17, 15) is 31.6 Å². The van der Waals surface area contributed by atoms with Gasteiger partial charge in [-0.15, -0.1) is 11.8 Å². The van der Waals surface area contributed by atoms with Gasteiger partial charge in [-0.3, -0.25) is 18.9 Å². The van der Waals surface area contributed by atoms with E-state index in [0.717, 1.165) is 0 Å². The van der Waals surface area contributed by atoms with E-state index in [1.54, 1.807) is 25.7 Å². The van der Waals surface area contributed by atoms with Gasteiger partial charge in [0.25, 0.3) is 0 Å². The number of hydrogen-bond acceptors (Lipinski definition) is 8. The van der Waals surface area contributed by atoms with Gasteiger partial charge < -0.3 is 14.4 Å². The summed E-state index contributed by atoms with van der Waals surface area (Å²) in [6.07, 6.45) is -0.830. The van der Waals surface area contributed by atoms with Crippen LogP contribution in [0.1, 0.15) is 27.7 Å². The number of halogens is 2. The van der Waals surface area contributed by atoms with Gasteiger partial charge in [0, 0.05) is 17.7 Å². The molecule has 0 radical (unpaired) electrons. The van der Waals surface area contributed by atoms with Crippen LogP contribution in [0, 0.1) is 11.8 Å². The van der Waals surface area contributed by atoms with E-state index in [4.69, 9.17) is 9.29 Å². The van der Waals surface area contributed by atoms with Crippen LogP contribution >= 0.6 is 11.8 Å². The SMILES string of the molecule is CC(=O)OC1C2SC3C(C(=O)N(C(C)(C)C)C13)C2C(=O)OCC(F)(F)S(=O)(=O)O. The minimum atomic E-state index is -5.77. The molecule has 2 bridgehead atoms. The van der Waals surface area contributed by atoms with E-state index in [0.29, 0.717) is 0 Å². The quantitative estimate of drug-likeness (QED) is 0.468. The number of nitrogens with zero attached hydrogens (tertiary/aromatic N) is 1. The highest BCUT2D eigenvalue weighted by atomic mass is 32.2. The number of rotatable bonds is 5. The van der Waals surface area contributed by atoms with E-state index >= 15 is 0 Å². The molecule has 3 aliphatic rings. The second-order valence-electron chi connectivity index (χ2n) is 8.28. The second-order valence-corrected chi connectivity index (χ2v) is 11.2. The van der Waals surface area contributed by atoms with Crippen LogP contribution in [0.5, 0.6) is 0 Å². The Morgan fingerprint density at radius 1 is 1.24 bits per heavy atom. The summed E-state index contributed by atoms with van der Waals surface area (Å²) >= 11 is 1.26. The van der Waals surface area contributed by atoms with Crippen LogP contribution in [0.4, 0.5) is 8.78 Å². The smallest absolute Gasteiger partial charge is 0.402 e. The van der Waals surface area contributed by atoms with Crippen molar-refractivity contribution in [1.29, 1.82) is 0 Å². The molecule has 164 valence electrons. The molecule has 0 aromatic rings. The molecule has 3 heterocycles. The average molecular weight is 457 g/mol. The maximum atomic E-state index is 13.4. The first-order valence-electron chi connectivity index (χ1n) is 8.75. The first-order chi connectivity index (χ1) is 13.1. The standard InChI is InChI=1S/C16H21F2NO8S2/c1-6(20)27-10-9-11-7(13(21)19(9)15(2,3)4)8(12(10)28-11)14(22)26-5-16(17,18)29(23,24)25/h7-12H,5H2,1-4H3,(H,23,24,25). The number of carbonyl (C=O) groups is 3. The highest BCUT2D eigenvalue weighted by molar-refractivity contribution is 8.01. The molecule has 6 atom stereocenters. The van der Waals surface area contributed by atoms with Gasteiger partial charge in [0.2, 0.25) is 5.91 Å². The van der Waals surface area contributed by atoms with E-state index in [2.05, 4.69) is 4.74 Å². The van der Waals surface area contributed by atoms with Crippen molar-refractivity contribution >= 4 is 39.7 Å². The number of esters is 2. The van der Waals surface area contributed by atoms with Gasteiger partial charge in [-0.2, -0.15) is 17.2 Å². The molecular weight excluding hydrogens is 436 g/mol. The third kappa shape index (κ3) is 3.50. The molecule has 0 aliphatic carbocycles. The van der Waals surface area contributed by atoms with Crippen LogP contribution in [0.25, 0.3) is 0 Å². The highest BCUT2D eigenvalue weighted by Gasteiger charge is 2.73. The van der Waals surface area contributed by atoms with Gasteiger partial charge in [0.05, 0.1) is 23.1 Å². The molecule has 3 saturated heterocycles. The number of hydrogen-bond donors (Lipinski definition) is 1. The van der Waals surface area contributed by atoms with Crippen LogP contribution in [-0.4, -0.2) is 75.8 Å². The summed E-state index contributed by atoms with van der Waals surface area (Å²) in [7, 11) is -5.77. The Bertz CT molecular complexity index is 855. The molecule has 1 N–H and O–H groups in total. The summed E-state index contributed by atoms with van der Waals surface area (Å²) in [5.74, 6) is -4.22. The zero-order chi connectivity index (χ0) is 22.1. The third-order valence-corrected chi connectivity index (χ3v) is 7.92. The molecule has 3 rings (SSSR count). The van der Waals surface area contributed by atoms with E-state index in [1.807, 2.05) is 0 Å². The topological polar surface area (TPSA) is 127 Å². The number of carbonyl (C=O) groups excluding carboxylic acids is 3. The zero-order valence-electron chi connectivity index (χ0n) is 16.0. The Labute approximate surface area is 170 Å². The molecule has 1 amide bonds. The zero-order valence-corrected chi connectivity index (χ0v) is 17.6. The second kappa shape index (κ2) is 6.77. The third-order valence-electron chi connectivity index (χ3n) is 5.28. The summed E-state index contributed by atoms with van der Waals surface area (Å²) < 4.78 is 66.7. The number of ether oxygens (including phenoxy) is 2. The first-order valence-corrected chi connectivity index (χ1v) is 11.1. The van der Waals surface area contributed by atoms with E-state index < -0.39 is 73.9 Å². The monoisotopic (exact) mass is 457 g/mol. The van der Waals surface area contributed by atoms with Crippen LogP contribution in [0.3, 0.4) is 0 Å². The minimum Gasteiger partial charge on any atom is -0.459 e. The van der Waals surface area contributed by atoms with Crippen molar-refractivity contribution < 1.29 is 45.6 Å². The summed E-state index contributed by atoms with van der Waals surface area (Å²) in [5.41, 5.74) is -0.639. The van der Waals surface area contributed by atoms with Crippen LogP contribution < -0.4 is 0 Å². The van der Waals surface area contributed by atoms with Crippen molar-refractivity contribution in [3.63, 3.8) is 0 Å². The molecule has 6 unspecified atom stereocenters. The Kier molecular flexibility index (Phi) is 5.19. The largest absolute Gasteiger partial charge is 0.459 e. The van der Waals surface area contributed by atoms with Crippen LogP contribution in [-0.2, 0) is 34.0 Å².